The molecule has 0 aliphatic carbocycles. The van der Waals surface area contributed by atoms with Crippen LogP contribution in [0.25, 0.3) is 0 Å². The number of carbonyl (C=O) groups is 2. The molecule has 1 aliphatic heterocycles. The van der Waals surface area contributed by atoms with Gasteiger partial charge in [-0.25, -0.2) is 4.79 Å². The summed E-state index contributed by atoms with van der Waals surface area (Å²) in [5.41, 5.74) is -1.08. The van der Waals surface area contributed by atoms with Crippen LogP contribution in [0, 0.1) is 0 Å². The molecule has 1 fully saturated rings. The van der Waals surface area contributed by atoms with E-state index < -0.39 is 17.5 Å². The predicted molar refractivity (Wildman–Crippen MR) is 50.6 cm³/mol. The van der Waals surface area contributed by atoms with Crippen molar-refractivity contribution in [1.82, 2.24) is 10.6 Å². The molecule has 1 rings (SSSR count). The Morgan fingerprint density at radius 2 is 2.07 bits per heavy atom. The Bertz CT molecular complexity index is 242. The Kier molecular flexibility index (Phi) is 3.46. The average molecular weight is 200 g/mol. The van der Waals surface area contributed by atoms with Crippen LogP contribution in [0.15, 0.2) is 0 Å². The van der Waals surface area contributed by atoms with Gasteiger partial charge in [0.25, 0.3) is 5.91 Å². The second-order valence-electron chi connectivity index (χ2n) is 3.61. The Hall–Kier alpha value is -1.10. The van der Waals surface area contributed by atoms with Crippen LogP contribution < -0.4 is 10.6 Å². The number of rotatable bonds is 5. The molecule has 5 nitrogen and oxygen atoms in total. The first-order chi connectivity index (χ1) is 6.64. The highest BCUT2D eigenvalue weighted by molar-refractivity contribution is 6.07. The van der Waals surface area contributed by atoms with E-state index in [-0.39, 0.29) is 6.61 Å². The largest absolute Gasteiger partial charge is 0.393 e. The molecule has 1 saturated heterocycles. The SMILES string of the molecule is CCCCC[C@]1(CO)NC(=O)NC1=O. The molecule has 1 aliphatic rings. The highest BCUT2D eigenvalue weighted by Gasteiger charge is 2.44. The zero-order valence-electron chi connectivity index (χ0n) is 8.30. The summed E-state index contributed by atoms with van der Waals surface area (Å²) >= 11 is 0. The van der Waals surface area contributed by atoms with Crippen molar-refractivity contribution < 1.29 is 14.7 Å². The van der Waals surface area contributed by atoms with E-state index in [1.165, 1.54) is 0 Å². The van der Waals surface area contributed by atoms with E-state index in [9.17, 15) is 9.59 Å². The summed E-state index contributed by atoms with van der Waals surface area (Å²) < 4.78 is 0. The van der Waals surface area contributed by atoms with E-state index >= 15 is 0 Å². The number of hydrogen-bond donors (Lipinski definition) is 3. The van der Waals surface area contributed by atoms with E-state index in [1.807, 2.05) is 0 Å². The van der Waals surface area contributed by atoms with Crippen LogP contribution >= 0.6 is 0 Å². The van der Waals surface area contributed by atoms with Crippen LogP contribution in [0.1, 0.15) is 32.6 Å². The molecule has 1 atom stereocenters. The summed E-state index contributed by atoms with van der Waals surface area (Å²) in [6.45, 7) is 1.72. The van der Waals surface area contributed by atoms with Gasteiger partial charge in [-0.05, 0) is 6.42 Å². The molecule has 0 aromatic rings. The van der Waals surface area contributed by atoms with Gasteiger partial charge in [-0.15, -0.1) is 0 Å². The Morgan fingerprint density at radius 1 is 1.36 bits per heavy atom. The molecular formula is C9H16N2O3. The van der Waals surface area contributed by atoms with Crippen molar-refractivity contribution in [3.05, 3.63) is 0 Å². The molecule has 0 spiro atoms. The van der Waals surface area contributed by atoms with Gasteiger partial charge in [-0.3, -0.25) is 10.1 Å². The molecule has 0 aromatic carbocycles. The fraction of sp³-hybridized carbons (Fsp3) is 0.778. The molecule has 0 bridgehead atoms. The number of urea groups is 1. The number of unbranched alkanes of at least 4 members (excludes halogenated alkanes) is 2. The van der Waals surface area contributed by atoms with Gasteiger partial charge in [0.1, 0.15) is 5.54 Å². The second kappa shape index (κ2) is 4.41. The summed E-state index contributed by atoms with van der Waals surface area (Å²) in [5, 5.41) is 13.7. The lowest BCUT2D eigenvalue weighted by molar-refractivity contribution is -0.125. The topological polar surface area (TPSA) is 78.4 Å². The summed E-state index contributed by atoms with van der Waals surface area (Å²) in [5.74, 6) is -0.416. The van der Waals surface area contributed by atoms with Crippen molar-refractivity contribution in [3.63, 3.8) is 0 Å². The van der Waals surface area contributed by atoms with E-state index in [4.69, 9.17) is 5.11 Å². The van der Waals surface area contributed by atoms with Gasteiger partial charge in [0.2, 0.25) is 0 Å². The number of amides is 3. The van der Waals surface area contributed by atoms with E-state index in [0.29, 0.717) is 6.42 Å². The quantitative estimate of drug-likeness (QED) is 0.436. The maximum atomic E-state index is 11.4. The van der Waals surface area contributed by atoms with Crippen molar-refractivity contribution >= 4 is 11.9 Å². The highest BCUT2D eigenvalue weighted by Crippen LogP contribution is 2.18. The van der Waals surface area contributed by atoms with Crippen LogP contribution in [-0.4, -0.2) is 29.2 Å². The van der Waals surface area contributed by atoms with E-state index in [1.54, 1.807) is 0 Å². The summed E-state index contributed by atoms with van der Waals surface area (Å²) in [7, 11) is 0. The third-order valence-electron chi connectivity index (χ3n) is 2.49. The van der Waals surface area contributed by atoms with Crippen molar-refractivity contribution in [2.75, 3.05) is 6.61 Å². The van der Waals surface area contributed by atoms with E-state index in [0.717, 1.165) is 19.3 Å². The maximum Gasteiger partial charge on any atom is 0.322 e. The molecule has 1 heterocycles. The van der Waals surface area contributed by atoms with E-state index in [2.05, 4.69) is 17.6 Å². The first-order valence-corrected chi connectivity index (χ1v) is 4.89. The minimum absolute atomic E-state index is 0.339. The molecule has 3 N–H and O–H groups in total. The number of aliphatic hydroxyl groups is 1. The van der Waals surface area contributed by atoms with Gasteiger partial charge < -0.3 is 10.4 Å². The molecule has 0 aromatic heterocycles. The molecule has 5 heteroatoms. The average Bonchev–Trinajstić information content (AvgIpc) is 2.43. The van der Waals surface area contributed by atoms with Gasteiger partial charge in [0, 0.05) is 0 Å². The van der Waals surface area contributed by atoms with Crippen LogP contribution in [0.2, 0.25) is 0 Å². The third kappa shape index (κ3) is 2.04. The van der Waals surface area contributed by atoms with Gasteiger partial charge in [0.15, 0.2) is 0 Å². The Morgan fingerprint density at radius 3 is 2.50 bits per heavy atom. The number of imide groups is 1. The summed E-state index contributed by atoms with van der Waals surface area (Å²) in [4.78, 5) is 22.3. The van der Waals surface area contributed by atoms with Gasteiger partial charge in [-0.2, -0.15) is 0 Å². The first-order valence-electron chi connectivity index (χ1n) is 4.89. The van der Waals surface area contributed by atoms with Crippen LogP contribution in [-0.2, 0) is 4.79 Å². The Labute approximate surface area is 82.9 Å². The normalized spacial score (nSPS) is 26.1. The molecule has 0 saturated carbocycles. The highest BCUT2D eigenvalue weighted by atomic mass is 16.3. The summed E-state index contributed by atoms with van der Waals surface area (Å²) in [6, 6.07) is -0.513. The number of nitrogens with one attached hydrogen (secondary N) is 2. The molecule has 14 heavy (non-hydrogen) atoms. The van der Waals surface area contributed by atoms with Crippen molar-refractivity contribution in [2.24, 2.45) is 0 Å². The van der Waals surface area contributed by atoms with Gasteiger partial charge >= 0.3 is 6.03 Å². The lowest BCUT2D eigenvalue weighted by atomic mass is 9.93. The number of hydrogen-bond acceptors (Lipinski definition) is 3. The summed E-state index contributed by atoms with van der Waals surface area (Å²) in [6.07, 6.45) is 3.35. The zero-order chi connectivity index (χ0) is 10.6. The first kappa shape index (κ1) is 11.0. The van der Waals surface area contributed by atoms with Gasteiger partial charge in [-0.1, -0.05) is 26.2 Å². The maximum absolute atomic E-state index is 11.4. The smallest absolute Gasteiger partial charge is 0.322 e. The van der Waals surface area contributed by atoms with Crippen LogP contribution in [0.3, 0.4) is 0 Å². The van der Waals surface area contributed by atoms with Crippen molar-refractivity contribution in [1.29, 1.82) is 0 Å². The van der Waals surface area contributed by atoms with Crippen molar-refractivity contribution in [2.45, 2.75) is 38.1 Å². The zero-order valence-corrected chi connectivity index (χ0v) is 8.30. The molecular weight excluding hydrogens is 184 g/mol. The molecule has 3 amide bonds. The minimum atomic E-state index is -1.08. The fourth-order valence-electron chi connectivity index (χ4n) is 1.57. The molecule has 80 valence electrons. The second-order valence-corrected chi connectivity index (χ2v) is 3.61. The van der Waals surface area contributed by atoms with Gasteiger partial charge in [0.05, 0.1) is 6.61 Å². The molecule has 0 unspecified atom stereocenters. The Balaban J connectivity index is 2.57. The van der Waals surface area contributed by atoms with Crippen LogP contribution in [0.4, 0.5) is 4.79 Å². The lowest BCUT2D eigenvalue weighted by Gasteiger charge is -2.22. The standard InChI is InChI=1S/C9H16N2O3/c1-2-3-4-5-9(6-12)7(13)10-8(14)11-9/h12H,2-6H2,1H3,(H2,10,11,13,14)/t9-/m1/s1. The third-order valence-corrected chi connectivity index (χ3v) is 2.49. The number of aliphatic hydroxyl groups excluding tert-OH is 1. The fourth-order valence-corrected chi connectivity index (χ4v) is 1.57. The minimum Gasteiger partial charge on any atom is -0.393 e. The van der Waals surface area contributed by atoms with Crippen molar-refractivity contribution in [3.8, 4) is 0 Å². The van der Waals surface area contributed by atoms with Crippen LogP contribution in [0.5, 0.6) is 0 Å². The number of carbonyl (C=O) groups excluding carboxylic acids is 2. The lowest BCUT2D eigenvalue weighted by Crippen LogP contribution is -2.50. The predicted octanol–water partition coefficient (Wildman–Crippen LogP) is 0.137. The molecule has 0 radical (unpaired) electrons. The monoisotopic (exact) mass is 200 g/mol.